The van der Waals surface area contributed by atoms with Crippen molar-refractivity contribution in [3.8, 4) is 11.5 Å². The molecule has 172 valence electrons. The fourth-order valence-electron chi connectivity index (χ4n) is 3.73. The highest BCUT2D eigenvalue weighted by Crippen LogP contribution is 2.24. The number of carbonyl (C=O) groups excluding carboxylic acids is 2. The summed E-state index contributed by atoms with van der Waals surface area (Å²) in [7, 11) is -0.784. The summed E-state index contributed by atoms with van der Waals surface area (Å²) >= 11 is 0. The summed E-state index contributed by atoms with van der Waals surface area (Å²) < 4.78 is 37.8. The highest BCUT2D eigenvalue weighted by molar-refractivity contribution is 7.89. The molecule has 1 saturated heterocycles. The number of Topliss-reactive ketones (excluding diaryl/α,β-unsaturated/α-hetero) is 1. The number of piperidine rings is 1. The van der Waals surface area contributed by atoms with Crippen LogP contribution >= 0.6 is 0 Å². The maximum absolute atomic E-state index is 12.8. The van der Waals surface area contributed by atoms with Gasteiger partial charge in [-0.25, -0.2) is 8.42 Å². The van der Waals surface area contributed by atoms with E-state index in [9.17, 15) is 18.0 Å². The molecule has 9 heteroatoms. The van der Waals surface area contributed by atoms with E-state index in [1.807, 2.05) is 0 Å². The molecule has 1 amide bonds. The van der Waals surface area contributed by atoms with Crippen molar-refractivity contribution in [2.45, 2.75) is 30.7 Å². The second kappa shape index (κ2) is 10.1. The van der Waals surface area contributed by atoms with Crippen LogP contribution in [-0.4, -0.2) is 58.4 Å². The van der Waals surface area contributed by atoms with Crippen molar-refractivity contribution >= 4 is 21.7 Å². The lowest BCUT2D eigenvalue weighted by molar-refractivity contribution is -0.133. The number of nitrogens with one attached hydrogen (secondary N) is 1. The molecule has 0 aromatic heterocycles. The van der Waals surface area contributed by atoms with Gasteiger partial charge in [0.05, 0.1) is 25.2 Å². The van der Waals surface area contributed by atoms with Crippen molar-refractivity contribution in [2.75, 3.05) is 27.3 Å². The molecule has 0 saturated carbocycles. The van der Waals surface area contributed by atoms with Gasteiger partial charge in [0, 0.05) is 24.6 Å². The van der Waals surface area contributed by atoms with E-state index in [1.165, 1.54) is 26.2 Å². The van der Waals surface area contributed by atoms with E-state index >= 15 is 0 Å². The van der Waals surface area contributed by atoms with Gasteiger partial charge in [0.1, 0.15) is 11.5 Å². The molecule has 1 aliphatic rings. The fourth-order valence-corrected chi connectivity index (χ4v) is 4.93. The number of ketones is 1. The number of nitrogens with zero attached hydrogens (tertiary/aromatic N) is 1. The van der Waals surface area contributed by atoms with Crippen LogP contribution in [0.4, 0.5) is 0 Å². The first-order valence-corrected chi connectivity index (χ1v) is 11.9. The van der Waals surface area contributed by atoms with E-state index in [0.717, 1.165) is 0 Å². The molecule has 1 fully saturated rings. The first-order chi connectivity index (χ1) is 15.2. The van der Waals surface area contributed by atoms with Crippen LogP contribution in [-0.2, 0) is 14.8 Å². The summed E-state index contributed by atoms with van der Waals surface area (Å²) in [4.78, 5) is 27.2. The number of methoxy groups -OCH3 is 2. The standard InChI is InChI=1S/C23H28N2O6S/c1-16(24-32(28,29)21-10-8-20(31-3)9-11-21)23(27)25-14-12-18(13-15-25)22(26)17-4-6-19(30-2)7-5-17/h4-11,16,18,24H,12-15H2,1-3H3/t16-/m0/s1. The minimum absolute atomic E-state index is 0.0491. The number of amides is 1. The van der Waals surface area contributed by atoms with Gasteiger partial charge in [0.15, 0.2) is 5.78 Å². The van der Waals surface area contributed by atoms with E-state index in [0.29, 0.717) is 43.0 Å². The van der Waals surface area contributed by atoms with Gasteiger partial charge in [-0.1, -0.05) is 0 Å². The van der Waals surface area contributed by atoms with Gasteiger partial charge in [0.25, 0.3) is 0 Å². The monoisotopic (exact) mass is 460 g/mol. The molecule has 32 heavy (non-hydrogen) atoms. The molecular formula is C23H28N2O6S. The molecule has 0 radical (unpaired) electrons. The molecule has 1 atom stereocenters. The number of sulfonamides is 1. The Kier molecular flexibility index (Phi) is 7.52. The van der Waals surface area contributed by atoms with Crippen LogP contribution in [0, 0.1) is 5.92 Å². The number of hydrogen-bond acceptors (Lipinski definition) is 6. The predicted octanol–water partition coefficient (Wildman–Crippen LogP) is 2.49. The Morgan fingerprint density at radius 2 is 1.44 bits per heavy atom. The van der Waals surface area contributed by atoms with E-state index in [1.54, 1.807) is 48.4 Å². The van der Waals surface area contributed by atoms with Gasteiger partial charge in [-0.2, -0.15) is 4.72 Å². The predicted molar refractivity (Wildman–Crippen MR) is 119 cm³/mol. The molecule has 1 heterocycles. The molecule has 2 aromatic rings. The molecular weight excluding hydrogens is 432 g/mol. The van der Waals surface area contributed by atoms with Crippen molar-refractivity contribution in [3.63, 3.8) is 0 Å². The van der Waals surface area contributed by atoms with E-state index in [-0.39, 0.29) is 22.5 Å². The number of carbonyl (C=O) groups is 2. The molecule has 8 nitrogen and oxygen atoms in total. The third-order valence-corrected chi connectivity index (χ3v) is 7.18. The highest BCUT2D eigenvalue weighted by atomic mass is 32.2. The molecule has 1 N–H and O–H groups in total. The summed E-state index contributed by atoms with van der Waals surface area (Å²) in [5.41, 5.74) is 0.621. The lowest BCUT2D eigenvalue weighted by Crippen LogP contribution is -2.49. The van der Waals surface area contributed by atoms with Gasteiger partial charge in [-0.3, -0.25) is 9.59 Å². The molecule has 0 spiro atoms. The SMILES string of the molecule is COc1ccc(C(=O)C2CCN(C(=O)[C@H](C)NS(=O)(=O)c3ccc(OC)cc3)CC2)cc1. The summed E-state index contributed by atoms with van der Waals surface area (Å²) in [5, 5.41) is 0. The topological polar surface area (TPSA) is 102 Å². The maximum Gasteiger partial charge on any atom is 0.241 e. The summed E-state index contributed by atoms with van der Waals surface area (Å²) in [5.74, 6) is 0.803. The highest BCUT2D eigenvalue weighted by Gasteiger charge is 2.31. The van der Waals surface area contributed by atoms with Crippen LogP contribution in [0.15, 0.2) is 53.4 Å². The Labute approximate surface area is 188 Å². The first kappa shape index (κ1) is 23.7. The van der Waals surface area contributed by atoms with Gasteiger partial charge >= 0.3 is 0 Å². The smallest absolute Gasteiger partial charge is 0.241 e. The fraction of sp³-hybridized carbons (Fsp3) is 0.391. The van der Waals surface area contributed by atoms with Crippen molar-refractivity contribution in [1.29, 1.82) is 0 Å². The van der Waals surface area contributed by atoms with E-state index in [2.05, 4.69) is 4.72 Å². The third kappa shape index (κ3) is 5.46. The second-order valence-electron chi connectivity index (χ2n) is 7.71. The molecule has 0 aliphatic carbocycles. The molecule has 3 rings (SSSR count). The quantitative estimate of drug-likeness (QED) is 0.608. The minimum Gasteiger partial charge on any atom is -0.497 e. The van der Waals surface area contributed by atoms with Crippen molar-refractivity contribution < 1.29 is 27.5 Å². The van der Waals surface area contributed by atoms with Crippen molar-refractivity contribution in [1.82, 2.24) is 9.62 Å². The summed E-state index contributed by atoms with van der Waals surface area (Å²) in [6, 6.07) is 12.0. The summed E-state index contributed by atoms with van der Waals surface area (Å²) in [6.07, 6.45) is 1.07. The van der Waals surface area contributed by atoms with Crippen LogP contribution in [0.5, 0.6) is 11.5 Å². The van der Waals surface area contributed by atoms with E-state index in [4.69, 9.17) is 9.47 Å². The zero-order chi connectivity index (χ0) is 23.3. The van der Waals surface area contributed by atoms with Gasteiger partial charge in [-0.05, 0) is 68.3 Å². The lowest BCUT2D eigenvalue weighted by Gasteiger charge is -2.33. The summed E-state index contributed by atoms with van der Waals surface area (Å²) in [6.45, 7) is 2.33. The van der Waals surface area contributed by atoms with Crippen molar-refractivity contribution in [3.05, 3.63) is 54.1 Å². The Bertz CT molecular complexity index is 1040. The Hall–Kier alpha value is -2.91. The van der Waals surface area contributed by atoms with Crippen LogP contribution in [0.3, 0.4) is 0 Å². The zero-order valence-corrected chi connectivity index (χ0v) is 19.2. The molecule has 0 unspecified atom stereocenters. The second-order valence-corrected chi connectivity index (χ2v) is 9.42. The minimum atomic E-state index is -3.85. The van der Waals surface area contributed by atoms with Crippen LogP contribution in [0.25, 0.3) is 0 Å². The third-order valence-electron chi connectivity index (χ3n) is 5.62. The molecule has 0 bridgehead atoms. The van der Waals surface area contributed by atoms with Gasteiger partial charge in [0.2, 0.25) is 15.9 Å². The number of ether oxygens (including phenoxy) is 2. The zero-order valence-electron chi connectivity index (χ0n) is 18.4. The average Bonchev–Trinajstić information content (AvgIpc) is 2.83. The number of rotatable bonds is 8. The van der Waals surface area contributed by atoms with Gasteiger partial charge < -0.3 is 14.4 Å². The largest absolute Gasteiger partial charge is 0.497 e. The Morgan fingerprint density at radius 3 is 1.94 bits per heavy atom. The van der Waals surface area contributed by atoms with Crippen molar-refractivity contribution in [2.24, 2.45) is 5.92 Å². The lowest BCUT2D eigenvalue weighted by atomic mass is 9.88. The van der Waals surface area contributed by atoms with Crippen LogP contribution in [0.1, 0.15) is 30.1 Å². The maximum atomic E-state index is 12.8. The number of benzene rings is 2. The Balaban J connectivity index is 1.56. The van der Waals surface area contributed by atoms with Crippen LogP contribution in [0.2, 0.25) is 0 Å². The average molecular weight is 461 g/mol. The van der Waals surface area contributed by atoms with Gasteiger partial charge in [-0.15, -0.1) is 0 Å². The Morgan fingerprint density at radius 1 is 0.938 bits per heavy atom. The molecule has 2 aromatic carbocycles. The first-order valence-electron chi connectivity index (χ1n) is 10.4. The normalized spacial score (nSPS) is 15.8. The number of hydrogen-bond donors (Lipinski definition) is 1. The van der Waals surface area contributed by atoms with E-state index < -0.39 is 16.1 Å². The van der Waals surface area contributed by atoms with Crippen LogP contribution < -0.4 is 14.2 Å². The molecule has 1 aliphatic heterocycles. The number of likely N-dealkylation sites (tertiary alicyclic amines) is 1.